The third-order valence-corrected chi connectivity index (χ3v) is 5.31. The van der Waals surface area contributed by atoms with Crippen molar-refractivity contribution >= 4 is 11.2 Å². The van der Waals surface area contributed by atoms with Crippen LogP contribution in [0, 0.1) is 0 Å². The highest BCUT2D eigenvalue weighted by Gasteiger charge is 2.32. The quantitative estimate of drug-likeness (QED) is 0.488. The number of aromatic nitrogens is 4. The van der Waals surface area contributed by atoms with E-state index in [1.165, 1.54) is 0 Å². The van der Waals surface area contributed by atoms with Crippen LogP contribution in [-0.4, -0.2) is 39.8 Å². The molecule has 2 atom stereocenters. The normalized spacial score (nSPS) is 17.5. The van der Waals surface area contributed by atoms with Crippen LogP contribution in [-0.2, 0) is 6.54 Å². The molecule has 0 radical (unpaired) electrons. The van der Waals surface area contributed by atoms with Crippen LogP contribution in [0.15, 0.2) is 55.1 Å². The molecule has 0 aliphatic carbocycles. The summed E-state index contributed by atoms with van der Waals surface area (Å²) in [5.41, 5.74) is 3.59. The summed E-state index contributed by atoms with van der Waals surface area (Å²) in [6, 6.07) is 11.5. The Morgan fingerprint density at radius 3 is 2.71 bits per heavy atom. The first kappa shape index (κ1) is 19.2. The molecule has 5 rings (SSSR count). The smallest absolute Gasteiger partial charge is 0.212 e. The number of fused-ring (bicyclic) bond motifs is 2. The fraction of sp³-hybridized carbons (Fsp3) is 0.261. The minimum Gasteiger partial charge on any atom is -0.493 e. The summed E-state index contributed by atoms with van der Waals surface area (Å²) in [5, 5.41) is 0. The van der Waals surface area contributed by atoms with Gasteiger partial charge in [-0.05, 0) is 42.8 Å². The van der Waals surface area contributed by atoms with Gasteiger partial charge in [0, 0.05) is 24.0 Å². The van der Waals surface area contributed by atoms with Crippen LogP contribution in [0.2, 0.25) is 0 Å². The molecular formula is C23H22N4O4. The van der Waals surface area contributed by atoms with Crippen molar-refractivity contribution < 1.29 is 18.9 Å². The van der Waals surface area contributed by atoms with Crippen molar-refractivity contribution in [3.8, 4) is 23.1 Å². The predicted octanol–water partition coefficient (Wildman–Crippen LogP) is 3.79. The monoisotopic (exact) mass is 418 g/mol. The molecule has 31 heavy (non-hydrogen) atoms. The molecule has 0 saturated heterocycles. The zero-order valence-electron chi connectivity index (χ0n) is 17.5. The third kappa shape index (κ3) is 3.50. The first-order valence-corrected chi connectivity index (χ1v) is 9.96. The van der Waals surface area contributed by atoms with E-state index in [1.54, 1.807) is 32.9 Å². The van der Waals surface area contributed by atoms with Gasteiger partial charge in [-0.25, -0.2) is 15.0 Å². The van der Waals surface area contributed by atoms with Gasteiger partial charge in [-0.3, -0.25) is 0 Å². The molecule has 0 spiro atoms. The second-order valence-electron chi connectivity index (χ2n) is 7.34. The zero-order valence-corrected chi connectivity index (χ0v) is 17.5. The summed E-state index contributed by atoms with van der Waals surface area (Å²) >= 11 is 0. The van der Waals surface area contributed by atoms with Gasteiger partial charge in [0.15, 0.2) is 23.3 Å². The molecule has 8 nitrogen and oxygen atoms in total. The maximum absolute atomic E-state index is 6.32. The molecular weight excluding hydrogens is 396 g/mol. The van der Waals surface area contributed by atoms with E-state index in [4.69, 9.17) is 18.9 Å². The third-order valence-electron chi connectivity index (χ3n) is 5.31. The number of hydrogen-bond donors (Lipinski definition) is 0. The Morgan fingerprint density at radius 2 is 1.94 bits per heavy atom. The number of methoxy groups -OCH3 is 2. The van der Waals surface area contributed by atoms with Crippen LogP contribution in [0.5, 0.6) is 23.1 Å². The Morgan fingerprint density at radius 1 is 1.03 bits per heavy atom. The lowest BCUT2D eigenvalue weighted by Gasteiger charge is -2.33. The van der Waals surface area contributed by atoms with E-state index < -0.39 is 0 Å². The summed E-state index contributed by atoms with van der Waals surface area (Å²) < 4.78 is 25.3. The number of hydrogen-bond acceptors (Lipinski definition) is 7. The van der Waals surface area contributed by atoms with E-state index in [0.29, 0.717) is 29.7 Å². The topological polar surface area (TPSA) is 80.5 Å². The fourth-order valence-corrected chi connectivity index (χ4v) is 3.79. The Kier molecular flexibility index (Phi) is 4.82. The van der Waals surface area contributed by atoms with Gasteiger partial charge in [0.05, 0.1) is 27.1 Å². The van der Waals surface area contributed by atoms with Crippen molar-refractivity contribution in [1.29, 1.82) is 0 Å². The van der Waals surface area contributed by atoms with Crippen LogP contribution in [0.4, 0.5) is 0 Å². The zero-order chi connectivity index (χ0) is 21.4. The van der Waals surface area contributed by atoms with Gasteiger partial charge in [0.2, 0.25) is 11.6 Å². The van der Waals surface area contributed by atoms with E-state index >= 15 is 0 Å². The Hall–Kier alpha value is -3.81. The van der Waals surface area contributed by atoms with E-state index in [-0.39, 0.29) is 12.2 Å². The fourth-order valence-electron chi connectivity index (χ4n) is 3.79. The molecule has 4 heterocycles. The number of benzene rings is 1. The SMILES string of the molecule is COc1ccc([C@H]2Oc3c(OC)cc(Cn4cnc5cccnc54)cc3O[C@H]2C)cn1. The van der Waals surface area contributed by atoms with Crippen molar-refractivity contribution in [2.45, 2.75) is 25.7 Å². The number of rotatable bonds is 5. The first-order chi connectivity index (χ1) is 15.2. The lowest BCUT2D eigenvalue weighted by Crippen LogP contribution is -2.31. The second kappa shape index (κ2) is 7.79. The minimum absolute atomic E-state index is 0.210. The highest BCUT2D eigenvalue weighted by Crippen LogP contribution is 2.46. The first-order valence-electron chi connectivity index (χ1n) is 9.96. The largest absolute Gasteiger partial charge is 0.493 e. The van der Waals surface area contributed by atoms with E-state index in [1.807, 2.05) is 47.9 Å². The molecule has 0 bridgehead atoms. The molecule has 0 saturated carbocycles. The molecule has 0 unspecified atom stereocenters. The summed E-state index contributed by atoms with van der Waals surface area (Å²) in [5.74, 6) is 2.40. The average Bonchev–Trinajstić information content (AvgIpc) is 3.21. The van der Waals surface area contributed by atoms with Gasteiger partial charge < -0.3 is 23.5 Å². The molecule has 0 N–H and O–H groups in total. The van der Waals surface area contributed by atoms with E-state index in [2.05, 4.69) is 15.0 Å². The average molecular weight is 418 g/mol. The highest BCUT2D eigenvalue weighted by atomic mass is 16.6. The molecule has 4 aromatic rings. The van der Waals surface area contributed by atoms with E-state index in [9.17, 15) is 0 Å². The van der Waals surface area contributed by atoms with Crippen molar-refractivity contribution in [1.82, 2.24) is 19.5 Å². The van der Waals surface area contributed by atoms with Gasteiger partial charge >= 0.3 is 0 Å². The lowest BCUT2D eigenvalue weighted by atomic mass is 10.0. The molecule has 0 fully saturated rings. The van der Waals surface area contributed by atoms with Crippen LogP contribution in [0.1, 0.15) is 24.2 Å². The summed E-state index contributed by atoms with van der Waals surface area (Å²) in [6.07, 6.45) is 4.77. The van der Waals surface area contributed by atoms with Gasteiger partial charge in [-0.2, -0.15) is 0 Å². The van der Waals surface area contributed by atoms with Crippen LogP contribution in [0.3, 0.4) is 0 Å². The van der Waals surface area contributed by atoms with Gasteiger partial charge in [0.25, 0.3) is 0 Å². The maximum Gasteiger partial charge on any atom is 0.212 e. The van der Waals surface area contributed by atoms with Crippen LogP contribution in [0.25, 0.3) is 11.2 Å². The van der Waals surface area contributed by atoms with Gasteiger partial charge in [-0.15, -0.1) is 0 Å². The van der Waals surface area contributed by atoms with Crippen molar-refractivity contribution in [3.63, 3.8) is 0 Å². The maximum atomic E-state index is 6.32. The minimum atomic E-state index is -0.313. The molecule has 0 amide bonds. The lowest BCUT2D eigenvalue weighted by molar-refractivity contribution is 0.0277. The summed E-state index contributed by atoms with van der Waals surface area (Å²) in [7, 11) is 3.21. The second-order valence-corrected chi connectivity index (χ2v) is 7.34. The van der Waals surface area contributed by atoms with Crippen molar-refractivity contribution in [3.05, 3.63) is 66.2 Å². The highest BCUT2D eigenvalue weighted by molar-refractivity contribution is 5.70. The van der Waals surface area contributed by atoms with Crippen molar-refractivity contribution in [2.75, 3.05) is 14.2 Å². The van der Waals surface area contributed by atoms with Crippen molar-refractivity contribution in [2.24, 2.45) is 0 Å². The number of nitrogens with zero attached hydrogens (tertiary/aromatic N) is 4. The Bertz CT molecular complexity index is 1220. The molecule has 3 aromatic heterocycles. The van der Waals surface area contributed by atoms with Gasteiger partial charge in [0.1, 0.15) is 11.6 Å². The molecule has 8 heteroatoms. The number of ether oxygens (including phenoxy) is 4. The Balaban J connectivity index is 1.46. The molecule has 158 valence electrons. The Labute approximate surface area is 179 Å². The molecule has 1 aromatic carbocycles. The molecule has 1 aliphatic heterocycles. The standard InChI is InChI=1S/C23H22N4O4/c1-14-21(16-6-7-20(29-3)25-11-16)31-22-18(28-2)9-15(10-19(22)30-14)12-27-13-26-17-5-4-8-24-23(17)27/h4-11,13-14,21H,12H2,1-3H3/t14-,21-/m0/s1. The number of imidazole rings is 1. The number of pyridine rings is 2. The van der Waals surface area contributed by atoms with E-state index in [0.717, 1.165) is 22.3 Å². The van der Waals surface area contributed by atoms with Gasteiger partial charge in [-0.1, -0.05) is 0 Å². The van der Waals surface area contributed by atoms with Crippen LogP contribution >= 0.6 is 0 Å². The summed E-state index contributed by atoms with van der Waals surface area (Å²) in [6.45, 7) is 2.56. The predicted molar refractivity (Wildman–Crippen MR) is 114 cm³/mol. The van der Waals surface area contributed by atoms with Crippen LogP contribution < -0.4 is 18.9 Å². The summed E-state index contributed by atoms with van der Waals surface area (Å²) in [4.78, 5) is 13.1. The molecule has 1 aliphatic rings.